The summed E-state index contributed by atoms with van der Waals surface area (Å²) in [6, 6.07) is 33.7. The Balaban J connectivity index is 0.000000210. The maximum absolute atomic E-state index is 12.8. The Morgan fingerprint density at radius 3 is 1.39 bits per heavy atom. The standard InChI is InChI=1S/C22H22N2O3S2.C18H14N2O3S2/c1-22(2,3)27-21(25)20-17(28-16-10-8-15(26-4)9-11-16)12-13-19(24-20)29-18-7-5-6-14-23-18;1-23-12-5-7-13(8-6-12)24-14-9-10-16(20-17(14)18(21)22)25-15-4-2-3-11-19-15/h5-14H,1-4H3;2-11H,1H3,(H,21,22). The number of pyridine rings is 4. The summed E-state index contributed by atoms with van der Waals surface area (Å²) < 4.78 is 15.9. The first-order chi connectivity index (χ1) is 26.0. The van der Waals surface area contributed by atoms with Gasteiger partial charge in [0.2, 0.25) is 0 Å². The van der Waals surface area contributed by atoms with Crippen molar-refractivity contribution in [3.63, 3.8) is 0 Å². The minimum Gasteiger partial charge on any atom is -0.497 e. The number of benzene rings is 2. The summed E-state index contributed by atoms with van der Waals surface area (Å²) in [5.41, 5.74) is -0.284. The molecular formula is C40H36N4O6S4. The summed E-state index contributed by atoms with van der Waals surface area (Å²) in [5, 5.41) is 12.3. The number of ether oxygens (including phenoxy) is 3. The molecule has 10 nitrogen and oxygen atoms in total. The van der Waals surface area contributed by atoms with E-state index < -0.39 is 17.5 Å². The van der Waals surface area contributed by atoms with Crippen LogP contribution in [0.25, 0.3) is 0 Å². The van der Waals surface area contributed by atoms with E-state index in [4.69, 9.17) is 14.2 Å². The van der Waals surface area contributed by atoms with Crippen molar-refractivity contribution < 1.29 is 28.9 Å². The smallest absolute Gasteiger partial charge is 0.358 e. The van der Waals surface area contributed by atoms with E-state index in [1.807, 2.05) is 118 Å². The predicted molar refractivity (Wildman–Crippen MR) is 212 cm³/mol. The second kappa shape index (κ2) is 19.3. The van der Waals surface area contributed by atoms with Crippen LogP contribution in [0, 0.1) is 0 Å². The first-order valence-corrected chi connectivity index (χ1v) is 19.6. The van der Waals surface area contributed by atoms with Gasteiger partial charge >= 0.3 is 11.9 Å². The van der Waals surface area contributed by atoms with Crippen LogP contribution in [-0.2, 0) is 4.74 Å². The van der Waals surface area contributed by atoms with Gasteiger partial charge < -0.3 is 19.3 Å². The third-order valence-corrected chi connectivity index (χ3v) is 10.6. The fraction of sp³-hybridized carbons (Fsp3) is 0.150. The number of methoxy groups -OCH3 is 2. The van der Waals surface area contributed by atoms with E-state index in [0.717, 1.165) is 36.2 Å². The summed E-state index contributed by atoms with van der Waals surface area (Å²) in [6.07, 6.45) is 3.42. The molecule has 4 aromatic heterocycles. The number of esters is 1. The van der Waals surface area contributed by atoms with Gasteiger partial charge in [-0.05, 0) is 118 Å². The lowest BCUT2D eigenvalue weighted by Gasteiger charge is -2.20. The van der Waals surface area contributed by atoms with Crippen LogP contribution in [0.2, 0.25) is 0 Å². The summed E-state index contributed by atoms with van der Waals surface area (Å²) in [6.45, 7) is 5.52. The Morgan fingerprint density at radius 1 is 0.556 bits per heavy atom. The van der Waals surface area contributed by atoms with Crippen LogP contribution in [0.3, 0.4) is 0 Å². The van der Waals surface area contributed by atoms with Gasteiger partial charge in [-0.15, -0.1) is 0 Å². The zero-order valence-corrected chi connectivity index (χ0v) is 33.2. The van der Waals surface area contributed by atoms with E-state index in [1.165, 1.54) is 47.0 Å². The van der Waals surface area contributed by atoms with E-state index in [0.29, 0.717) is 20.6 Å². The van der Waals surface area contributed by atoms with Crippen LogP contribution in [0.5, 0.6) is 11.5 Å². The highest BCUT2D eigenvalue weighted by Gasteiger charge is 2.23. The Labute approximate surface area is 330 Å². The summed E-state index contributed by atoms with van der Waals surface area (Å²) >= 11 is 5.54. The van der Waals surface area contributed by atoms with Gasteiger partial charge in [-0.25, -0.2) is 29.5 Å². The molecule has 276 valence electrons. The number of rotatable bonds is 12. The monoisotopic (exact) mass is 796 g/mol. The van der Waals surface area contributed by atoms with Gasteiger partial charge in [0.1, 0.15) is 37.2 Å². The molecule has 0 amide bonds. The average molecular weight is 797 g/mol. The van der Waals surface area contributed by atoms with Crippen molar-refractivity contribution in [2.75, 3.05) is 14.2 Å². The van der Waals surface area contributed by atoms with E-state index in [-0.39, 0.29) is 5.69 Å². The Morgan fingerprint density at radius 2 is 1.00 bits per heavy atom. The Hall–Kier alpha value is -5.02. The zero-order valence-electron chi connectivity index (χ0n) is 30.0. The Kier molecular flexibility index (Phi) is 14.4. The summed E-state index contributed by atoms with van der Waals surface area (Å²) in [4.78, 5) is 45.0. The molecule has 54 heavy (non-hydrogen) atoms. The zero-order chi connectivity index (χ0) is 38.5. The number of aromatic carboxylic acids is 1. The molecule has 2 aromatic carbocycles. The molecule has 0 atom stereocenters. The van der Waals surface area contributed by atoms with Gasteiger partial charge in [0.05, 0.1) is 14.2 Å². The molecule has 0 aliphatic carbocycles. The van der Waals surface area contributed by atoms with Gasteiger partial charge in [0.15, 0.2) is 11.4 Å². The molecule has 0 spiro atoms. The van der Waals surface area contributed by atoms with E-state index in [9.17, 15) is 14.7 Å². The third-order valence-electron chi connectivity index (χ3n) is 6.73. The van der Waals surface area contributed by atoms with E-state index in [1.54, 1.807) is 38.7 Å². The quantitative estimate of drug-likeness (QED) is 0.118. The predicted octanol–water partition coefficient (Wildman–Crippen LogP) is 10.2. The molecule has 1 N–H and O–H groups in total. The van der Waals surface area contributed by atoms with E-state index in [2.05, 4.69) is 19.9 Å². The topological polar surface area (TPSA) is 134 Å². The normalized spacial score (nSPS) is 10.8. The molecule has 6 aromatic rings. The SMILES string of the molecule is COc1ccc(Sc2ccc(Sc3ccccn3)nc2C(=O)O)cc1.COc1ccc(Sc2ccc(Sc3ccccn3)nc2C(=O)OC(C)(C)C)cc1. The van der Waals surface area contributed by atoms with Crippen LogP contribution in [0.15, 0.2) is 161 Å². The number of carbonyl (C=O) groups excluding carboxylic acids is 1. The average Bonchev–Trinajstić information content (AvgIpc) is 3.17. The van der Waals surface area contributed by atoms with Gasteiger partial charge in [0, 0.05) is 32.0 Å². The second-order valence-corrected chi connectivity index (χ2v) is 16.2. The van der Waals surface area contributed by atoms with Crippen molar-refractivity contribution in [3.8, 4) is 11.5 Å². The number of carbonyl (C=O) groups is 2. The molecular weight excluding hydrogens is 761 g/mol. The van der Waals surface area contributed by atoms with Gasteiger partial charge in [-0.3, -0.25) is 0 Å². The first-order valence-electron chi connectivity index (χ1n) is 16.3. The van der Waals surface area contributed by atoms with Gasteiger partial charge in [0.25, 0.3) is 0 Å². The fourth-order valence-electron chi connectivity index (χ4n) is 4.33. The number of nitrogens with zero attached hydrogens (tertiary/aromatic N) is 4. The first kappa shape index (κ1) is 40.2. The highest BCUT2D eigenvalue weighted by atomic mass is 32.2. The van der Waals surface area contributed by atoms with E-state index >= 15 is 0 Å². The van der Waals surface area contributed by atoms with Gasteiger partial charge in [-0.1, -0.05) is 59.2 Å². The highest BCUT2D eigenvalue weighted by Crippen LogP contribution is 2.35. The fourth-order valence-corrected chi connectivity index (χ4v) is 7.61. The molecule has 0 fully saturated rings. The molecule has 0 radical (unpaired) electrons. The Bertz CT molecular complexity index is 2150. The molecule has 0 unspecified atom stereocenters. The van der Waals surface area contributed by atoms with Crippen LogP contribution < -0.4 is 9.47 Å². The molecule has 14 heteroatoms. The largest absolute Gasteiger partial charge is 0.497 e. The molecule has 4 heterocycles. The maximum Gasteiger partial charge on any atom is 0.358 e. The number of hydrogen-bond donors (Lipinski definition) is 1. The lowest BCUT2D eigenvalue weighted by molar-refractivity contribution is 0.00574. The van der Waals surface area contributed by atoms with Crippen molar-refractivity contribution in [1.82, 2.24) is 19.9 Å². The number of carboxylic acid groups (broad SMARTS) is 1. The number of carboxylic acids is 1. The lowest BCUT2D eigenvalue weighted by atomic mass is 10.2. The molecule has 0 aliphatic heterocycles. The van der Waals surface area contributed by atoms with Crippen molar-refractivity contribution in [2.24, 2.45) is 0 Å². The van der Waals surface area contributed by atoms with Crippen molar-refractivity contribution >= 4 is 59.0 Å². The summed E-state index contributed by atoms with van der Waals surface area (Å²) in [5.74, 6) is 0.0291. The number of hydrogen-bond acceptors (Lipinski definition) is 13. The maximum atomic E-state index is 12.8. The highest BCUT2D eigenvalue weighted by molar-refractivity contribution is 8.00. The third kappa shape index (κ3) is 12.3. The molecule has 0 saturated carbocycles. The second-order valence-electron chi connectivity index (χ2n) is 11.9. The minimum absolute atomic E-state index is 0.0294. The minimum atomic E-state index is -1.06. The molecule has 0 bridgehead atoms. The van der Waals surface area contributed by atoms with Crippen LogP contribution in [0.1, 0.15) is 41.7 Å². The van der Waals surface area contributed by atoms with Crippen LogP contribution in [-0.4, -0.2) is 56.8 Å². The van der Waals surface area contributed by atoms with Crippen molar-refractivity contribution in [2.45, 2.75) is 66.1 Å². The molecule has 6 rings (SSSR count). The summed E-state index contributed by atoms with van der Waals surface area (Å²) in [7, 11) is 3.23. The molecule has 0 saturated heterocycles. The van der Waals surface area contributed by atoms with Gasteiger partial charge in [-0.2, -0.15) is 0 Å². The number of aromatic nitrogens is 4. The van der Waals surface area contributed by atoms with Crippen LogP contribution in [0.4, 0.5) is 0 Å². The van der Waals surface area contributed by atoms with Crippen molar-refractivity contribution in [1.29, 1.82) is 0 Å². The lowest BCUT2D eigenvalue weighted by Crippen LogP contribution is -2.25. The van der Waals surface area contributed by atoms with Crippen molar-refractivity contribution in [3.05, 3.63) is 133 Å². The molecule has 0 aliphatic rings. The van der Waals surface area contributed by atoms with Crippen LogP contribution >= 0.6 is 47.0 Å².